The van der Waals surface area contributed by atoms with E-state index in [1.54, 1.807) is 24.3 Å². The SMILES string of the molecule is COCCN(CC(=O)O)C(=O)C(N)c1ccccc1. The van der Waals surface area contributed by atoms with Gasteiger partial charge in [-0.2, -0.15) is 0 Å². The molecule has 1 rings (SSSR count). The first-order chi connectivity index (χ1) is 9.06. The number of amides is 1. The van der Waals surface area contributed by atoms with Gasteiger partial charge in [-0.05, 0) is 5.56 Å². The molecule has 19 heavy (non-hydrogen) atoms. The summed E-state index contributed by atoms with van der Waals surface area (Å²) >= 11 is 0. The number of carboxylic acids is 1. The number of ether oxygens (including phenoxy) is 1. The summed E-state index contributed by atoms with van der Waals surface area (Å²) in [4.78, 5) is 24.1. The first kappa shape index (κ1) is 15.1. The summed E-state index contributed by atoms with van der Waals surface area (Å²) in [5.74, 6) is -1.50. The van der Waals surface area contributed by atoms with Crippen molar-refractivity contribution in [2.75, 3.05) is 26.8 Å². The molecule has 0 radical (unpaired) electrons. The van der Waals surface area contributed by atoms with Crippen molar-refractivity contribution in [1.82, 2.24) is 4.90 Å². The van der Waals surface area contributed by atoms with Gasteiger partial charge in [0, 0.05) is 13.7 Å². The van der Waals surface area contributed by atoms with Gasteiger partial charge in [-0.25, -0.2) is 0 Å². The molecule has 1 amide bonds. The normalized spacial score (nSPS) is 11.9. The third kappa shape index (κ3) is 4.69. The summed E-state index contributed by atoms with van der Waals surface area (Å²) in [6.07, 6.45) is 0. The molecule has 3 N–H and O–H groups in total. The van der Waals surface area contributed by atoms with Crippen LogP contribution in [0.5, 0.6) is 0 Å². The zero-order valence-electron chi connectivity index (χ0n) is 10.8. The number of carbonyl (C=O) groups is 2. The summed E-state index contributed by atoms with van der Waals surface area (Å²) in [6, 6.07) is 7.98. The van der Waals surface area contributed by atoms with Gasteiger partial charge in [-0.15, -0.1) is 0 Å². The first-order valence-corrected chi connectivity index (χ1v) is 5.86. The molecule has 1 atom stereocenters. The highest BCUT2D eigenvalue weighted by Crippen LogP contribution is 2.12. The molecule has 0 aromatic heterocycles. The molecule has 0 aliphatic heterocycles. The lowest BCUT2D eigenvalue weighted by Gasteiger charge is -2.24. The van der Waals surface area contributed by atoms with Crippen LogP contribution in [0.3, 0.4) is 0 Å². The fraction of sp³-hybridized carbons (Fsp3) is 0.385. The van der Waals surface area contributed by atoms with E-state index in [0.29, 0.717) is 5.56 Å². The third-order valence-electron chi connectivity index (χ3n) is 2.63. The van der Waals surface area contributed by atoms with Gasteiger partial charge in [0.15, 0.2) is 0 Å². The lowest BCUT2D eigenvalue weighted by molar-refractivity contribution is -0.145. The van der Waals surface area contributed by atoms with Crippen LogP contribution in [0.25, 0.3) is 0 Å². The van der Waals surface area contributed by atoms with Crippen LogP contribution in [0.15, 0.2) is 30.3 Å². The van der Waals surface area contributed by atoms with Gasteiger partial charge in [0.05, 0.1) is 6.61 Å². The monoisotopic (exact) mass is 266 g/mol. The number of methoxy groups -OCH3 is 1. The molecule has 0 saturated heterocycles. The molecule has 1 aromatic carbocycles. The lowest BCUT2D eigenvalue weighted by Crippen LogP contribution is -2.43. The lowest BCUT2D eigenvalue weighted by atomic mass is 10.1. The maximum Gasteiger partial charge on any atom is 0.323 e. The van der Waals surface area contributed by atoms with Crippen molar-refractivity contribution in [3.8, 4) is 0 Å². The Kier molecular flexibility index (Phi) is 5.98. The second-order valence-electron chi connectivity index (χ2n) is 4.03. The Morgan fingerprint density at radius 3 is 2.53 bits per heavy atom. The smallest absolute Gasteiger partial charge is 0.323 e. The van der Waals surface area contributed by atoms with Gasteiger partial charge in [0.25, 0.3) is 0 Å². The Morgan fingerprint density at radius 2 is 2.00 bits per heavy atom. The summed E-state index contributed by atoms with van der Waals surface area (Å²) in [5.41, 5.74) is 6.51. The van der Waals surface area contributed by atoms with Crippen LogP contribution in [0, 0.1) is 0 Å². The van der Waals surface area contributed by atoms with Crippen LogP contribution < -0.4 is 5.73 Å². The topological polar surface area (TPSA) is 92.9 Å². The number of carboxylic acid groups (broad SMARTS) is 1. The molecule has 0 bridgehead atoms. The van der Waals surface area contributed by atoms with E-state index in [2.05, 4.69) is 0 Å². The van der Waals surface area contributed by atoms with Gasteiger partial charge in [0.2, 0.25) is 5.91 Å². The van der Waals surface area contributed by atoms with Crippen LogP contribution >= 0.6 is 0 Å². The van der Waals surface area contributed by atoms with E-state index in [1.165, 1.54) is 12.0 Å². The molecule has 1 aromatic rings. The molecule has 6 heteroatoms. The maximum absolute atomic E-state index is 12.2. The number of rotatable bonds is 7. The summed E-state index contributed by atoms with van der Waals surface area (Å²) in [6.45, 7) is 0.0748. The van der Waals surface area contributed by atoms with Crippen LogP contribution in [0.2, 0.25) is 0 Å². The fourth-order valence-corrected chi connectivity index (χ4v) is 1.63. The minimum atomic E-state index is -1.08. The van der Waals surface area contributed by atoms with Gasteiger partial charge in [-0.1, -0.05) is 30.3 Å². The van der Waals surface area contributed by atoms with E-state index >= 15 is 0 Å². The van der Waals surface area contributed by atoms with E-state index in [9.17, 15) is 9.59 Å². The second kappa shape index (κ2) is 7.50. The van der Waals surface area contributed by atoms with E-state index in [0.717, 1.165) is 0 Å². The van der Waals surface area contributed by atoms with Crippen LogP contribution in [-0.2, 0) is 14.3 Å². The highest BCUT2D eigenvalue weighted by Gasteiger charge is 2.23. The number of aliphatic carboxylic acids is 1. The molecule has 0 saturated carbocycles. The van der Waals surface area contributed by atoms with Gasteiger partial charge < -0.3 is 20.5 Å². The van der Waals surface area contributed by atoms with Crippen molar-refractivity contribution in [3.05, 3.63) is 35.9 Å². The minimum absolute atomic E-state index is 0.197. The predicted molar refractivity (Wildman–Crippen MR) is 69.5 cm³/mol. The van der Waals surface area contributed by atoms with E-state index in [4.69, 9.17) is 15.6 Å². The molecular weight excluding hydrogens is 248 g/mol. The molecular formula is C13H18N2O4. The van der Waals surface area contributed by atoms with Crippen LogP contribution in [-0.4, -0.2) is 48.7 Å². The molecule has 0 heterocycles. The number of nitrogens with two attached hydrogens (primary N) is 1. The van der Waals surface area contributed by atoms with E-state index in [1.807, 2.05) is 6.07 Å². The molecule has 0 fully saturated rings. The molecule has 6 nitrogen and oxygen atoms in total. The van der Waals surface area contributed by atoms with Gasteiger partial charge in [0.1, 0.15) is 12.6 Å². The Bertz CT molecular complexity index is 422. The average molecular weight is 266 g/mol. The standard InChI is InChI=1S/C13H18N2O4/c1-19-8-7-15(9-11(16)17)13(18)12(14)10-5-3-2-4-6-10/h2-6,12H,7-9,14H2,1H3,(H,16,17). The van der Waals surface area contributed by atoms with Crippen LogP contribution in [0.1, 0.15) is 11.6 Å². The highest BCUT2D eigenvalue weighted by molar-refractivity contribution is 5.86. The summed E-state index contributed by atoms with van der Waals surface area (Å²) in [7, 11) is 1.49. The maximum atomic E-state index is 12.2. The molecule has 104 valence electrons. The van der Waals surface area contributed by atoms with Gasteiger partial charge in [-0.3, -0.25) is 9.59 Å². The second-order valence-corrected chi connectivity index (χ2v) is 4.03. The predicted octanol–water partition coefficient (Wildman–Crippen LogP) is 0.246. The number of hydrogen-bond acceptors (Lipinski definition) is 4. The molecule has 0 aliphatic rings. The molecule has 0 spiro atoms. The largest absolute Gasteiger partial charge is 0.480 e. The number of benzene rings is 1. The van der Waals surface area contributed by atoms with Crippen molar-refractivity contribution in [2.24, 2.45) is 5.73 Å². The number of nitrogens with zero attached hydrogens (tertiary/aromatic N) is 1. The fourth-order valence-electron chi connectivity index (χ4n) is 1.63. The van der Waals surface area contributed by atoms with Crippen LogP contribution in [0.4, 0.5) is 0 Å². The first-order valence-electron chi connectivity index (χ1n) is 5.86. The minimum Gasteiger partial charge on any atom is -0.480 e. The highest BCUT2D eigenvalue weighted by atomic mass is 16.5. The summed E-state index contributed by atoms with van der Waals surface area (Å²) in [5, 5.41) is 8.81. The van der Waals surface area contributed by atoms with Crippen molar-refractivity contribution >= 4 is 11.9 Å². The Hall–Kier alpha value is -1.92. The van der Waals surface area contributed by atoms with Crippen molar-refractivity contribution in [2.45, 2.75) is 6.04 Å². The van der Waals surface area contributed by atoms with Crippen molar-refractivity contribution < 1.29 is 19.4 Å². The molecule has 0 aliphatic carbocycles. The van der Waals surface area contributed by atoms with Crippen molar-refractivity contribution in [3.63, 3.8) is 0 Å². The summed E-state index contributed by atoms with van der Waals surface area (Å²) < 4.78 is 4.86. The Morgan fingerprint density at radius 1 is 1.37 bits per heavy atom. The van der Waals surface area contributed by atoms with Gasteiger partial charge >= 0.3 is 5.97 Å². The average Bonchev–Trinajstić information content (AvgIpc) is 2.42. The quantitative estimate of drug-likeness (QED) is 0.737. The zero-order chi connectivity index (χ0) is 14.3. The molecule has 1 unspecified atom stereocenters. The number of carbonyl (C=O) groups excluding carboxylic acids is 1. The Balaban J connectivity index is 2.77. The van der Waals surface area contributed by atoms with E-state index < -0.39 is 17.9 Å². The van der Waals surface area contributed by atoms with E-state index in [-0.39, 0.29) is 19.7 Å². The third-order valence-corrected chi connectivity index (χ3v) is 2.63. The Labute approximate surface area is 111 Å². The number of hydrogen-bond donors (Lipinski definition) is 2. The van der Waals surface area contributed by atoms with Crippen molar-refractivity contribution in [1.29, 1.82) is 0 Å². The zero-order valence-corrected chi connectivity index (χ0v) is 10.8.